The van der Waals surface area contributed by atoms with Gasteiger partial charge in [-0.2, -0.15) is 4.98 Å². The number of nitrogen functional groups attached to an aromatic ring is 2. The summed E-state index contributed by atoms with van der Waals surface area (Å²) in [6, 6.07) is 1.60. The standard InChI is InChI=1S/C21H24FN9O9P2S2/c22-13-11-5-36-41(33,43)39-9-3-12(30-6-26-14-8(23)1-2-25-17(14)30)37-10(9)4-35-42(34,44)40-16(13)20(38-11)31-7-27-15-18(31)28-21(24)29-19(15)32/h1-2,6-7,9-13,16,20H,3-5H2,(H2,23,25)(H,33,43)(H,34,44)(H3,24,28,29,32)/t9-,10+,11+,12+,13+,16+,20+,41+,42+/m0/s1. The Morgan fingerprint density at radius 1 is 0.932 bits per heavy atom. The molecule has 0 aromatic carbocycles. The Hall–Kier alpha value is -2.58. The van der Waals surface area contributed by atoms with Crippen LogP contribution < -0.4 is 17.0 Å². The molecule has 23 heteroatoms. The van der Waals surface area contributed by atoms with Crippen molar-refractivity contribution in [1.82, 2.24) is 34.1 Å². The third kappa shape index (κ3) is 5.44. The Morgan fingerprint density at radius 3 is 2.43 bits per heavy atom. The van der Waals surface area contributed by atoms with Gasteiger partial charge < -0.3 is 20.9 Å². The number of aromatic amines is 1. The van der Waals surface area contributed by atoms with Gasteiger partial charge in [-0.3, -0.25) is 37.0 Å². The number of H-pyrrole nitrogens is 1. The number of imidazole rings is 2. The number of alkyl halides is 1. The van der Waals surface area contributed by atoms with E-state index in [2.05, 4.69) is 49.4 Å². The minimum absolute atomic E-state index is 0.0608. The molecule has 236 valence electrons. The first-order valence-corrected chi connectivity index (χ1v) is 18.3. The van der Waals surface area contributed by atoms with Crippen molar-refractivity contribution in [1.29, 1.82) is 0 Å². The monoisotopic (exact) mass is 691 g/mol. The molecule has 0 spiro atoms. The Morgan fingerprint density at radius 2 is 1.64 bits per heavy atom. The molecule has 44 heavy (non-hydrogen) atoms. The molecule has 7 rings (SSSR count). The molecule has 3 fully saturated rings. The van der Waals surface area contributed by atoms with Crippen molar-refractivity contribution < 1.29 is 41.1 Å². The van der Waals surface area contributed by atoms with E-state index in [-0.39, 0.29) is 23.5 Å². The second-order valence-corrected chi connectivity index (χ2v) is 15.9. The lowest BCUT2D eigenvalue weighted by Gasteiger charge is -2.26. The number of aromatic nitrogens is 7. The molecule has 3 aliphatic heterocycles. The van der Waals surface area contributed by atoms with Gasteiger partial charge in [0.1, 0.15) is 36.2 Å². The van der Waals surface area contributed by atoms with Gasteiger partial charge in [-0.05, 0) is 6.07 Å². The lowest BCUT2D eigenvalue weighted by molar-refractivity contribution is -0.0560. The van der Waals surface area contributed by atoms with Crippen molar-refractivity contribution in [2.45, 2.75) is 49.5 Å². The molecular weight excluding hydrogens is 667 g/mol. The molecular formula is C21H24FN9O9P2S2. The van der Waals surface area contributed by atoms with Crippen LogP contribution in [0, 0.1) is 0 Å². The molecule has 5 N–H and O–H groups in total. The van der Waals surface area contributed by atoms with E-state index in [0.717, 1.165) is 6.33 Å². The molecule has 9 atom stereocenters. The van der Waals surface area contributed by atoms with Gasteiger partial charge in [-0.25, -0.2) is 28.5 Å². The van der Waals surface area contributed by atoms with Gasteiger partial charge in [-0.15, -0.1) is 0 Å². The van der Waals surface area contributed by atoms with Gasteiger partial charge in [0.15, 0.2) is 29.2 Å². The van der Waals surface area contributed by atoms with Gasteiger partial charge in [-0.1, -0.05) is 24.5 Å². The predicted molar refractivity (Wildman–Crippen MR) is 157 cm³/mol. The van der Waals surface area contributed by atoms with Gasteiger partial charge in [0.05, 0.1) is 31.6 Å². The molecule has 3 saturated heterocycles. The smallest absolute Gasteiger partial charge is 0.386 e. The number of halogens is 1. The number of nitrogens with two attached hydrogens (primary N) is 2. The van der Waals surface area contributed by atoms with Crippen LogP contribution in [-0.2, 0) is 36.7 Å². The zero-order chi connectivity index (χ0) is 31.0. The van der Waals surface area contributed by atoms with E-state index in [4.69, 9.17) is 39.0 Å². The fourth-order valence-electron chi connectivity index (χ4n) is 5.31. The summed E-state index contributed by atoms with van der Waals surface area (Å²) in [4.78, 5) is 31.3. The number of ether oxygens (including phenoxy) is 2. The number of pyridine rings is 1. The third-order valence-corrected chi connectivity index (χ3v) is 10.6. The van der Waals surface area contributed by atoms with E-state index in [0.29, 0.717) is 16.9 Å². The van der Waals surface area contributed by atoms with Crippen LogP contribution in [0.4, 0.5) is 16.0 Å². The minimum atomic E-state index is -4.35. The summed E-state index contributed by atoms with van der Waals surface area (Å²) in [6.45, 7) is -9.58. The molecule has 3 aliphatic rings. The van der Waals surface area contributed by atoms with Crippen molar-refractivity contribution in [2.24, 2.45) is 0 Å². The molecule has 0 radical (unpaired) electrons. The molecule has 0 aliphatic carbocycles. The molecule has 0 amide bonds. The summed E-state index contributed by atoms with van der Waals surface area (Å²) in [5.41, 5.74) is 12.1. The first-order chi connectivity index (χ1) is 20.9. The van der Waals surface area contributed by atoms with Crippen molar-refractivity contribution in [3.8, 4) is 0 Å². The first kappa shape index (κ1) is 30.1. The van der Waals surface area contributed by atoms with Crippen molar-refractivity contribution >= 4 is 72.1 Å². The summed E-state index contributed by atoms with van der Waals surface area (Å²) >= 11 is 8.15. The topological polar surface area (TPSA) is 236 Å². The highest BCUT2D eigenvalue weighted by Crippen LogP contribution is 2.60. The SMILES string of the molecule is Nc1nc2c(ncn2[C@@H]2O[C@@H]3CO[P@@](=O)(S)O[C@H]4C[C@H](n5cnc6c(N)ccnc65)O[C@@H]4CO[P@@](=O)(S)O[C@@H]2[C@@H]3F)c(=O)[nH]1. The van der Waals surface area contributed by atoms with E-state index in [1.54, 1.807) is 10.6 Å². The Balaban J connectivity index is 1.19. The Bertz CT molecular complexity index is 1910. The summed E-state index contributed by atoms with van der Waals surface area (Å²) < 4.78 is 79.7. The van der Waals surface area contributed by atoms with Crippen LogP contribution >= 0.6 is 38.1 Å². The van der Waals surface area contributed by atoms with Crippen molar-refractivity contribution in [2.75, 3.05) is 24.7 Å². The number of nitrogens with zero attached hydrogens (tertiary/aromatic N) is 6. The van der Waals surface area contributed by atoms with Gasteiger partial charge >= 0.3 is 13.6 Å². The normalized spacial score (nSPS) is 36.6. The first-order valence-electron chi connectivity index (χ1n) is 12.9. The maximum Gasteiger partial charge on any atom is 0.386 e. The van der Waals surface area contributed by atoms with Crippen LogP contribution in [0.2, 0.25) is 0 Å². The Labute approximate surface area is 256 Å². The maximum atomic E-state index is 15.8. The van der Waals surface area contributed by atoms with Crippen LogP contribution in [0.25, 0.3) is 22.3 Å². The molecule has 18 nitrogen and oxygen atoms in total. The zero-order valence-electron chi connectivity index (χ0n) is 22.2. The number of anilines is 2. The van der Waals surface area contributed by atoms with Gasteiger partial charge in [0, 0.05) is 12.6 Å². The van der Waals surface area contributed by atoms with E-state index < -0.39 is 75.4 Å². The molecule has 4 aromatic rings. The summed E-state index contributed by atoms with van der Waals surface area (Å²) in [5, 5.41) is 0. The number of thiol groups is 2. The summed E-state index contributed by atoms with van der Waals surface area (Å²) in [6.07, 6.45) is -4.96. The maximum absolute atomic E-state index is 15.8. The highest BCUT2D eigenvalue weighted by atomic mass is 32.7. The lowest BCUT2D eigenvalue weighted by atomic mass is 10.1. The van der Waals surface area contributed by atoms with E-state index >= 15 is 4.39 Å². The van der Waals surface area contributed by atoms with Crippen LogP contribution in [0.1, 0.15) is 18.9 Å². The number of rotatable bonds is 2. The van der Waals surface area contributed by atoms with Crippen molar-refractivity contribution in [3.63, 3.8) is 0 Å². The van der Waals surface area contributed by atoms with Crippen LogP contribution in [0.3, 0.4) is 0 Å². The molecule has 7 heterocycles. The molecule has 2 bridgehead atoms. The van der Waals surface area contributed by atoms with E-state index in [9.17, 15) is 13.9 Å². The van der Waals surface area contributed by atoms with E-state index in [1.807, 2.05) is 0 Å². The second kappa shape index (κ2) is 11.0. The lowest BCUT2D eigenvalue weighted by Crippen LogP contribution is -2.32. The average Bonchev–Trinajstić information content (AvgIpc) is 3.72. The highest BCUT2D eigenvalue weighted by molar-refractivity contribution is 8.44. The molecule has 4 aromatic heterocycles. The van der Waals surface area contributed by atoms with E-state index in [1.165, 1.54) is 17.1 Å². The summed E-state index contributed by atoms with van der Waals surface area (Å²) in [7, 11) is 0. The highest BCUT2D eigenvalue weighted by Gasteiger charge is 2.52. The molecule has 0 saturated carbocycles. The average molecular weight is 692 g/mol. The van der Waals surface area contributed by atoms with Crippen LogP contribution in [-0.4, -0.2) is 77.9 Å². The zero-order valence-corrected chi connectivity index (χ0v) is 25.7. The fraction of sp³-hybridized carbons (Fsp3) is 0.476. The van der Waals surface area contributed by atoms with Gasteiger partial charge in [0.25, 0.3) is 5.56 Å². The quantitative estimate of drug-likeness (QED) is 0.150. The largest absolute Gasteiger partial charge is 0.397 e. The number of fused-ring (bicyclic) bond motifs is 5. The summed E-state index contributed by atoms with van der Waals surface area (Å²) in [5.74, 6) is -0.234. The predicted octanol–water partition coefficient (Wildman–Crippen LogP) is 2.14. The number of nitrogens with one attached hydrogen (secondary N) is 1. The van der Waals surface area contributed by atoms with Crippen molar-refractivity contribution in [3.05, 3.63) is 35.3 Å². The second-order valence-electron chi connectivity index (χ2n) is 10.1. The minimum Gasteiger partial charge on any atom is -0.397 e. The number of hydrogen-bond acceptors (Lipinski definition) is 15. The van der Waals surface area contributed by atoms with Gasteiger partial charge in [0.2, 0.25) is 5.95 Å². The molecule has 0 unspecified atom stereocenters. The van der Waals surface area contributed by atoms with Crippen LogP contribution in [0.5, 0.6) is 0 Å². The Kier molecular flexibility index (Phi) is 7.55. The third-order valence-electron chi connectivity index (χ3n) is 7.30. The van der Waals surface area contributed by atoms with Crippen LogP contribution in [0.15, 0.2) is 29.7 Å². The fourth-order valence-corrected chi connectivity index (χ4v) is 8.29. The number of hydrogen-bond donors (Lipinski definition) is 5.